The Bertz CT molecular complexity index is 1170. The lowest BCUT2D eigenvalue weighted by Crippen LogP contribution is -2.37. The molecule has 0 radical (unpaired) electrons. The molecule has 32 heavy (non-hydrogen) atoms. The largest absolute Gasteiger partial charge is 0.497 e. The van der Waals surface area contributed by atoms with E-state index < -0.39 is 11.8 Å². The third-order valence-corrected chi connectivity index (χ3v) is 5.64. The Kier molecular flexibility index (Phi) is 7.56. The van der Waals surface area contributed by atoms with E-state index in [-0.39, 0.29) is 6.54 Å². The minimum atomic E-state index is -0.860. The molecule has 0 aliphatic rings. The number of methoxy groups -OCH3 is 1. The Morgan fingerprint density at radius 1 is 1.09 bits per heavy atom. The Balaban J connectivity index is 1.62. The SMILES string of the molecule is COc1ccc(CNC(=O)C(=O)N/N=C\c2cc(C)n(-c3cccc(Cl)c3Cl)c2C)cc1. The van der Waals surface area contributed by atoms with E-state index >= 15 is 0 Å². The highest BCUT2D eigenvalue weighted by Crippen LogP contribution is 2.31. The van der Waals surface area contributed by atoms with Crippen LogP contribution < -0.4 is 15.5 Å². The molecule has 2 N–H and O–H groups in total. The Morgan fingerprint density at radius 3 is 2.50 bits per heavy atom. The molecular formula is C23H22Cl2N4O3. The molecule has 7 nitrogen and oxygen atoms in total. The first-order chi connectivity index (χ1) is 15.3. The van der Waals surface area contributed by atoms with E-state index in [4.69, 9.17) is 27.9 Å². The molecule has 0 saturated carbocycles. The van der Waals surface area contributed by atoms with Crippen LogP contribution in [-0.4, -0.2) is 29.7 Å². The van der Waals surface area contributed by atoms with Gasteiger partial charge >= 0.3 is 11.8 Å². The van der Waals surface area contributed by atoms with E-state index in [1.807, 2.05) is 36.6 Å². The van der Waals surface area contributed by atoms with Gasteiger partial charge in [-0.15, -0.1) is 0 Å². The number of hydrogen-bond donors (Lipinski definition) is 2. The van der Waals surface area contributed by atoms with Crippen LogP contribution in [0.5, 0.6) is 5.75 Å². The second-order valence-electron chi connectivity index (χ2n) is 6.96. The summed E-state index contributed by atoms with van der Waals surface area (Å²) < 4.78 is 7.03. The minimum Gasteiger partial charge on any atom is -0.497 e. The van der Waals surface area contributed by atoms with E-state index in [0.717, 1.165) is 28.2 Å². The molecule has 0 unspecified atom stereocenters. The molecule has 3 rings (SSSR count). The minimum absolute atomic E-state index is 0.210. The molecule has 0 aliphatic heterocycles. The number of hydrogen-bond acceptors (Lipinski definition) is 4. The standard InChI is InChI=1S/C23H22Cl2N4O3/c1-14-11-17(15(2)29(14)20-6-4-5-19(24)21(20)25)13-27-28-23(31)22(30)26-12-16-7-9-18(32-3)10-8-16/h4-11,13H,12H2,1-3H3,(H,26,30)(H,28,31)/b27-13-. The zero-order chi connectivity index (χ0) is 23.3. The molecule has 1 aromatic heterocycles. The van der Waals surface area contributed by atoms with Crippen LogP contribution in [0.25, 0.3) is 5.69 Å². The number of benzene rings is 2. The Labute approximate surface area is 196 Å². The topological polar surface area (TPSA) is 84.7 Å². The third-order valence-electron chi connectivity index (χ3n) is 4.83. The summed E-state index contributed by atoms with van der Waals surface area (Å²) in [7, 11) is 1.58. The summed E-state index contributed by atoms with van der Waals surface area (Å²) in [5.74, 6) is -0.931. The number of aryl methyl sites for hydroxylation is 1. The average molecular weight is 473 g/mol. The first-order valence-corrected chi connectivity index (χ1v) is 10.4. The predicted molar refractivity (Wildman–Crippen MR) is 126 cm³/mol. The van der Waals surface area contributed by atoms with Gasteiger partial charge in [0.25, 0.3) is 0 Å². The van der Waals surface area contributed by atoms with Crippen molar-refractivity contribution < 1.29 is 14.3 Å². The van der Waals surface area contributed by atoms with Gasteiger partial charge in [-0.05, 0) is 49.7 Å². The number of ether oxygens (including phenoxy) is 1. The second kappa shape index (κ2) is 10.3. The number of aromatic nitrogens is 1. The van der Waals surface area contributed by atoms with Gasteiger partial charge in [-0.3, -0.25) is 9.59 Å². The van der Waals surface area contributed by atoms with E-state index in [0.29, 0.717) is 15.8 Å². The molecule has 2 amide bonds. The van der Waals surface area contributed by atoms with Gasteiger partial charge in [-0.1, -0.05) is 41.4 Å². The molecular weight excluding hydrogens is 451 g/mol. The third kappa shape index (κ3) is 5.30. The number of hydrazone groups is 1. The lowest BCUT2D eigenvalue weighted by molar-refractivity contribution is -0.139. The van der Waals surface area contributed by atoms with Gasteiger partial charge in [-0.2, -0.15) is 5.10 Å². The summed E-state index contributed by atoms with van der Waals surface area (Å²) in [5.41, 5.74) is 6.36. The summed E-state index contributed by atoms with van der Waals surface area (Å²) in [6.45, 7) is 4.03. The molecule has 0 fully saturated rings. The summed E-state index contributed by atoms with van der Waals surface area (Å²) >= 11 is 12.5. The van der Waals surface area contributed by atoms with Gasteiger partial charge < -0.3 is 14.6 Å². The molecule has 2 aromatic carbocycles. The van der Waals surface area contributed by atoms with Crippen LogP contribution in [-0.2, 0) is 16.1 Å². The van der Waals surface area contributed by atoms with Crippen molar-refractivity contribution in [3.63, 3.8) is 0 Å². The summed E-state index contributed by atoms with van der Waals surface area (Å²) in [5, 5.41) is 7.36. The van der Waals surface area contributed by atoms with Crippen molar-refractivity contribution in [2.24, 2.45) is 5.10 Å². The van der Waals surface area contributed by atoms with Crippen molar-refractivity contribution in [1.29, 1.82) is 0 Å². The molecule has 1 heterocycles. The molecule has 0 aliphatic carbocycles. The van der Waals surface area contributed by atoms with Crippen molar-refractivity contribution in [1.82, 2.24) is 15.3 Å². The van der Waals surface area contributed by atoms with Crippen LogP contribution in [0, 0.1) is 13.8 Å². The lowest BCUT2D eigenvalue weighted by atomic mass is 10.2. The van der Waals surface area contributed by atoms with Crippen LogP contribution in [0.2, 0.25) is 10.0 Å². The van der Waals surface area contributed by atoms with Gasteiger partial charge in [0.15, 0.2) is 0 Å². The van der Waals surface area contributed by atoms with Crippen LogP contribution >= 0.6 is 23.2 Å². The van der Waals surface area contributed by atoms with Crippen LogP contribution in [0.1, 0.15) is 22.5 Å². The molecule has 3 aromatic rings. The van der Waals surface area contributed by atoms with Crippen molar-refractivity contribution in [2.75, 3.05) is 7.11 Å². The lowest BCUT2D eigenvalue weighted by Gasteiger charge is -2.12. The number of halogens is 2. The molecule has 166 valence electrons. The smallest absolute Gasteiger partial charge is 0.329 e. The fourth-order valence-corrected chi connectivity index (χ4v) is 3.55. The van der Waals surface area contributed by atoms with Crippen LogP contribution in [0.3, 0.4) is 0 Å². The summed E-state index contributed by atoms with van der Waals surface area (Å²) in [4.78, 5) is 24.0. The maximum atomic E-state index is 12.0. The fourth-order valence-electron chi connectivity index (χ4n) is 3.17. The predicted octanol–water partition coefficient (Wildman–Crippen LogP) is 4.18. The number of rotatable bonds is 6. The van der Waals surface area contributed by atoms with Gasteiger partial charge in [-0.25, -0.2) is 5.43 Å². The molecule has 0 bridgehead atoms. The molecule has 0 saturated heterocycles. The molecule has 9 heteroatoms. The first kappa shape index (κ1) is 23.4. The number of nitrogens with one attached hydrogen (secondary N) is 2. The number of carbonyl (C=O) groups is 2. The van der Waals surface area contributed by atoms with Crippen molar-refractivity contribution >= 4 is 41.2 Å². The maximum absolute atomic E-state index is 12.0. The summed E-state index contributed by atoms with van der Waals surface area (Å²) in [6, 6.07) is 14.5. The molecule has 0 atom stereocenters. The molecule has 0 spiro atoms. The van der Waals surface area contributed by atoms with E-state index in [1.54, 1.807) is 37.4 Å². The highest BCUT2D eigenvalue weighted by molar-refractivity contribution is 6.43. The Hall–Kier alpha value is -3.29. The van der Waals surface area contributed by atoms with Crippen molar-refractivity contribution in [2.45, 2.75) is 20.4 Å². The Morgan fingerprint density at radius 2 is 1.81 bits per heavy atom. The van der Waals surface area contributed by atoms with Gasteiger partial charge in [0.2, 0.25) is 0 Å². The van der Waals surface area contributed by atoms with E-state index in [1.165, 1.54) is 6.21 Å². The van der Waals surface area contributed by atoms with Crippen molar-refractivity contribution in [3.05, 3.63) is 81.1 Å². The average Bonchev–Trinajstić information content (AvgIpc) is 3.07. The van der Waals surface area contributed by atoms with E-state index in [9.17, 15) is 9.59 Å². The number of nitrogens with zero attached hydrogens (tertiary/aromatic N) is 2. The van der Waals surface area contributed by atoms with E-state index in [2.05, 4.69) is 15.8 Å². The highest BCUT2D eigenvalue weighted by Gasteiger charge is 2.15. The first-order valence-electron chi connectivity index (χ1n) is 9.69. The van der Waals surface area contributed by atoms with Gasteiger partial charge in [0.1, 0.15) is 5.75 Å². The van der Waals surface area contributed by atoms with Gasteiger partial charge in [0, 0.05) is 23.5 Å². The number of carbonyl (C=O) groups excluding carboxylic acids is 2. The highest BCUT2D eigenvalue weighted by atomic mass is 35.5. The number of amides is 2. The zero-order valence-electron chi connectivity index (χ0n) is 17.8. The normalized spacial score (nSPS) is 10.9. The fraction of sp³-hybridized carbons (Fsp3) is 0.174. The summed E-state index contributed by atoms with van der Waals surface area (Å²) in [6.07, 6.45) is 1.48. The second-order valence-corrected chi connectivity index (χ2v) is 7.75. The van der Waals surface area contributed by atoms with Gasteiger partial charge in [0.05, 0.1) is 29.1 Å². The quantitative estimate of drug-likeness (QED) is 0.320. The van der Waals surface area contributed by atoms with Crippen LogP contribution in [0.15, 0.2) is 53.6 Å². The van der Waals surface area contributed by atoms with Crippen LogP contribution in [0.4, 0.5) is 0 Å². The van der Waals surface area contributed by atoms with Crippen molar-refractivity contribution in [3.8, 4) is 11.4 Å². The zero-order valence-corrected chi connectivity index (χ0v) is 19.3. The monoisotopic (exact) mass is 472 g/mol. The maximum Gasteiger partial charge on any atom is 0.329 e.